The van der Waals surface area contributed by atoms with Crippen LogP contribution in [-0.2, 0) is 35.7 Å². The van der Waals surface area contributed by atoms with Crippen LogP contribution in [0.4, 0.5) is 0 Å². The SMILES string of the molecule is Cc1nn(CC(C)C)c(C)c1CC(=O)OCc1ccc(OCc2ccccn2)cc1. The molecule has 0 atom stereocenters. The maximum Gasteiger partial charge on any atom is 0.310 e. The fourth-order valence-corrected chi connectivity index (χ4v) is 3.20. The molecule has 3 rings (SSSR count). The molecule has 2 heterocycles. The quantitative estimate of drug-likeness (QED) is 0.491. The van der Waals surface area contributed by atoms with Crippen molar-refractivity contribution in [1.29, 1.82) is 0 Å². The summed E-state index contributed by atoms with van der Waals surface area (Å²) >= 11 is 0. The maximum atomic E-state index is 12.4. The summed E-state index contributed by atoms with van der Waals surface area (Å²) in [6, 6.07) is 13.3. The lowest BCUT2D eigenvalue weighted by atomic mass is 10.1. The molecule has 0 aliphatic carbocycles. The topological polar surface area (TPSA) is 66.2 Å². The van der Waals surface area contributed by atoms with E-state index in [0.717, 1.165) is 40.5 Å². The molecule has 0 unspecified atom stereocenters. The molecule has 6 heteroatoms. The molecular weight excluding hydrogens is 378 g/mol. The Labute approximate surface area is 177 Å². The van der Waals surface area contributed by atoms with Crippen LogP contribution in [0.15, 0.2) is 48.7 Å². The Kier molecular flexibility index (Phi) is 7.22. The van der Waals surface area contributed by atoms with Gasteiger partial charge >= 0.3 is 5.97 Å². The minimum absolute atomic E-state index is 0.234. The van der Waals surface area contributed by atoms with Crippen LogP contribution in [0.3, 0.4) is 0 Å². The standard InChI is InChI=1S/C24H29N3O3/c1-17(2)14-27-19(4)23(18(3)26-27)13-24(28)30-15-20-8-10-22(11-9-20)29-16-21-7-5-6-12-25-21/h5-12,17H,13-16H2,1-4H3. The lowest BCUT2D eigenvalue weighted by Gasteiger charge is -2.09. The Morgan fingerprint density at radius 1 is 1.07 bits per heavy atom. The number of benzene rings is 1. The van der Waals surface area contributed by atoms with Crippen molar-refractivity contribution in [3.8, 4) is 5.75 Å². The molecule has 158 valence electrons. The molecule has 2 aromatic heterocycles. The minimum Gasteiger partial charge on any atom is -0.487 e. The maximum absolute atomic E-state index is 12.4. The molecule has 0 N–H and O–H groups in total. The van der Waals surface area contributed by atoms with Crippen molar-refractivity contribution in [2.24, 2.45) is 5.92 Å². The fourth-order valence-electron chi connectivity index (χ4n) is 3.20. The summed E-state index contributed by atoms with van der Waals surface area (Å²) in [6.07, 6.45) is 1.98. The summed E-state index contributed by atoms with van der Waals surface area (Å²) in [5, 5.41) is 4.56. The highest BCUT2D eigenvalue weighted by Crippen LogP contribution is 2.17. The van der Waals surface area contributed by atoms with Crippen LogP contribution in [0.25, 0.3) is 0 Å². The molecule has 0 amide bonds. The highest BCUT2D eigenvalue weighted by atomic mass is 16.5. The van der Waals surface area contributed by atoms with Gasteiger partial charge in [-0.3, -0.25) is 14.5 Å². The average molecular weight is 408 g/mol. The van der Waals surface area contributed by atoms with Crippen molar-refractivity contribution in [2.75, 3.05) is 0 Å². The number of hydrogen-bond acceptors (Lipinski definition) is 5. The highest BCUT2D eigenvalue weighted by Gasteiger charge is 2.16. The Morgan fingerprint density at radius 3 is 2.50 bits per heavy atom. The number of ether oxygens (including phenoxy) is 2. The third kappa shape index (κ3) is 5.92. The first-order valence-corrected chi connectivity index (χ1v) is 10.2. The van der Waals surface area contributed by atoms with Gasteiger partial charge in [-0.15, -0.1) is 0 Å². The molecular formula is C24H29N3O3. The number of pyridine rings is 1. The number of rotatable bonds is 9. The predicted octanol–water partition coefficient (Wildman–Crippen LogP) is 4.42. The van der Waals surface area contributed by atoms with Gasteiger partial charge in [0, 0.05) is 24.0 Å². The lowest BCUT2D eigenvalue weighted by Crippen LogP contribution is -2.11. The molecule has 3 aromatic rings. The third-order valence-electron chi connectivity index (χ3n) is 4.83. The van der Waals surface area contributed by atoms with Crippen molar-refractivity contribution in [3.63, 3.8) is 0 Å². The molecule has 0 saturated carbocycles. The van der Waals surface area contributed by atoms with E-state index in [9.17, 15) is 4.79 Å². The Hall–Kier alpha value is -3.15. The highest BCUT2D eigenvalue weighted by molar-refractivity contribution is 5.73. The van der Waals surface area contributed by atoms with Crippen LogP contribution in [0.1, 0.15) is 42.1 Å². The van der Waals surface area contributed by atoms with Crippen LogP contribution in [0.5, 0.6) is 5.75 Å². The Balaban J connectivity index is 1.49. The summed E-state index contributed by atoms with van der Waals surface area (Å²) in [5.74, 6) is 0.999. The van der Waals surface area contributed by atoms with Crippen molar-refractivity contribution in [2.45, 2.75) is 53.9 Å². The summed E-state index contributed by atoms with van der Waals surface area (Å²) in [4.78, 5) is 16.6. The van der Waals surface area contributed by atoms with Gasteiger partial charge in [-0.2, -0.15) is 5.10 Å². The first-order valence-electron chi connectivity index (χ1n) is 10.2. The Bertz CT molecular complexity index is 963. The van der Waals surface area contributed by atoms with Crippen LogP contribution in [0, 0.1) is 19.8 Å². The monoisotopic (exact) mass is 407 g/mol. The van der Waals surface area contributed by atoms with Gasteiger partial charge in [-0.25, -0.2) is 0 Å². The summed E-state index contributed by atoms with van der Waals surface area (Å²) in [6.45, 7) is 9.75. The number of aromatic nitrogens is 3. The van der Waals surface area contributed by atoms with Crippen molar-refractivity contribution in [1.82, 2.24) is 14.8 Å². The van der Waals surface area contributed by atoms with E-state index in [1.807, 2.05) is 61.0 Å². The number of carbonyl (C=O) groups is 1. The normalized spacial score (nSPS) is 11.0. The van der Waals surface area contributed by atoms with Gasteiger partial charge in [0.2, 0.25) is 0 Å². The predicted molar refractivity (Wildman–Crippen MR) is 115 cm³/mol. The second-order valence-electron chi connectivity index (χ2n) is 7.82. The number of esters is 1. The van der Waals surface area contributed by atoms with E-state index in [2.05, 4.69) is 23.9 Å². The van der Waals surface area contributed by atoms with Gasteiger partial charge in [0.1, 0.15) is 19.0 Å². The number of carbonyl (C=O) groups excluding carboxylic acids is 1. The van der Waals surface area contributed by atoms with Crippen molar-refractivity contribution < 1.29 is 14.3 Å². The summed E-state index contributed by atoms with van der Waals surface area (Å²) in [7, 11) is 0. The van der Waals surface area contributed by atoms with Gasteiger partial charge in [0.25, 0.3) is 0 Å². The zero-order valence-corrected chi connectivity index (χ0v) is 18.1. The van der Waals surface area contributed by atoms with E-state index in [0.29, 0.717) is 12.5 Å². The molecule has 0 bridgehead atoms. The second kappa shape index (κ2) is 10.1. The summed E-state index contributed by atoms with van der Waals surface area (Å²) in [5.41, 5.74) is 4.67. The lowest BCUT2D eigenvalue weighted by molar-refractivity contribution is -0.144. The molecule has 0 fully saturated rings. The fraction of sp³-hybridized carbons (Fsp3) is 0.375. The van der Waals surface area contributed by atoms with Gasteiger partial charge in [-0.05, 0) is 49.6 Å². The minimum atomic E-state index is -0.249. The first-order chi connectivity index (χ1) is 14.4. The number of aryl methyl sites for hydroxylation is 1. The number of nitrogens with zero attached hydrogens (tertiary/aromatic N) is 3. The van der Waals surface area contributed by atoms with E-state index in [1.165, 1.54) is 0 Å². The van der Waals surface area contributed by atoms with E-state index >= 15 is 0 Å². The van der Waals surface area contributed by atoms with Gasteiger partial charge in [0.15, 0.2) is 0 Å². The van der Waals surface area contributed by atoms with E-state index in [1.54, 1.807) is 6.20 Å². The van der Waals surface area contributed by atoms with Crippen molar-refractivity contribution in [3.05, 3.63) is 76.9 Å². The molecule has 0 radical (unpaired) electrons. The van der Waals surface area contributed by atoms with E-state index in [4.69, 9.17) is 9.47 Å². The molecule has 0 saturated heterocycles. The third-order valence-corrected chi connectivity index (χ3v) is 4.83. The Morgan fingerprint density at radius 2 is 1.83 bits per heavy atom. The average Bonchev–Trinajstić information content (AvgIpc) is 2.99. The van der Waals surface area contributed by atoms with E-state index < -0.39 is 0 Å². The molecule has 1 aromatic carbocycles. The zero-order chi connectivity index (χ0) is 21.5. The molecule has 0 aliphatic rings. The molecule has 30 heavy (non-hydrogen) atoms. The molecule has 6 nitrogen and oxygen atoms in total. The van der Waals surface area contributed by atoms with Crippen LogP contribution < -0.4 is 4.74 Å². The van der Waals surface area contributed by atoms with Gasteiger partial charge in [0.05, 0.1) is 17.8 Å². The number of hydrogen-bond donors (Lipinski definition) is 0. The summed E-state index contributed by atoms with van der Waals surface area (Å²) < 4.78 is 13.2. The molecule has 0 aliphatic heterocycles. The first kappa shape index (κ1) is 21.6. The van der Waals surface area contributed by atoms with E-state index in [-0.39, 0.29) is 19.0 Å². The smallest absolute Gasteiger partial charge is 0.310 e. The zero-order valence-electron chi connectivity index (χ0n) is 18.1. The second-order valence-corrected chi connectivity index (χ2v) is 7.82. The van der Waals surface area contributed by atoms with Gasteiger partial charge < -0.3 is 9.47 Å². The molecule has 0 spiro atoms. The van der Waals surface area contributed by atoms with Crippen molar-refractivity contribution >= 4 is 5.97 Å². The largest absolute Gasteiger partial charge is 0.487 e. The van der Waals surface area contributed by atoms with Gasteiger partial charge in [-0.1, -0.05) is 32.0 Å². The van der Waals surface area contributed by atoms with Crippen LogP contribution in [0.2, 0.25) is 0 Å². The van der Waals surface area contributed by atoms with Crippen LogP contribution >= 0.6 is 0 Å². The van der Waals surface area contributed by atoms with Crippen LogP contribution in [-0.4, -0.2) is 20.7 Å².